The number of hydrogen-bond donors (Lipinski definition) is 4. The Bertz CT molecular complexity index is 2550. The number of carboxylic acids is 4. The van der Waals surface area contributed by atoms with E-state index in [1.807, 2.05) is 75.4 Å². The third-order valence-corrected chi connectivity index (χ3v) is 13.0. The van der Waals surface area contributed by atoms with E-state index in [0.717, 1.165) is 60.8 Å². The first-order valence-corrected chi connectivity index (χ1v) is 26.4. The second kappa shape index (κ2) is 31.7. The number of likely N-dealkylation sites (N-methyl/N-ethyl adjacent to an activating group) is 1. The van der Waals surface area contributed by atoms with Gasteiger partial charge in [0.05, 0.1) is 19.6 Å². The van der Waals surface area contributed by atoms with Crippen molar-refractivity contribution < 1.29 is 63.3 Å². The predicted molar refractivity (Wildman–Crippen MR) is 291 cm³/mol. The van der Waals surface area contributed by atoms with Crippen LogP contribution in [0.2, 0.25) is 0 Å². The zero-order chi connectivity index (χ0) is 54.8. The first-order valence-electron chi connectivity index (χ1n) is 26.4. The minimum absolute atomic E-state index is 0.0355. The molecule has 0 aliphatic carbocycles. The van der Waals surface area contributed by atoms with Gasteiger partial charge in [-0.1, -0.05) is 101 Å². The van der Waals surface area contributed by atoms with Gasteiger partial charge in [-0.25, -0.2) is 4.79 Å². The molecule has 2 atom stereocenters. The monoisotopic (exact) mass is 1050 g/mol. The lowest BCUT2D eigenvalue weighted by molar-refractivity contribution is -0.143. The average Bonchev–Trinajstić information content (AvgIpc) is 3.39. The molecule has 4 N–H and O–H groups in total. The minimum atomic E-state index is -1.18. The van der Waals surface area contributed by atoms with Crippen molar-refractivity contribution in [2.45, 2.75) is 105 Å². The van der Waals surface area contributed by atoms with Crippen LogP contribution in [0.4, 0.5) is 0 Å². The molecular formula is C60H77N3O13. The Kier molecular flexibility index (Phi) is 24.9. The molecule has 0 fully saturated rings. The van der Waals surface area contributed by atoms with Crippen LogP contribution in [0.15, 0.2) is 109 Å². The summed E-state index contributed by atoms with van der Waals surface area (Å²) in [5, 5.41) is 38.8. The predicted octanol–water partition coefficient (Wildman–Crippen LogP) is 9.55. The van der Waals surface area contributed by atoms with E-state index in [2.05, 4.69) is 55.1 Å². The van der Waals surface area contributed by atoms with Gasteiger partial charge in [0.2, 0.25) is 0 Å². The number of aliphatic carboxylic acids is 3. The van der Waals surface area contributed by atoms with Gasteiger partial charge in [0.25, 0.3) is 0 Å². The molecule has 410 valence electrons. The summed E-state index contributed by atoms with van der Waals surface area (Å²) in [4.78, 5) is 52.7. The number of carbonyl (C=O) groups is 4. The Morgan fingerprint density at radius 1 is 0.513 bits per heavy atom. The van der Waals surface area contributed by atoms with Gasteiger partial charge in [-0.05, 0) is 134 Å². The first-order chi connectivity index (χ1) is 36.6. The molecule has 5 rings (SSSR count). The van der Waals surface area contributed by atoms with E-state index < -0.39 is 43.1 Å². The molecule has 0 amide bonds. The molecule has 0 aromatic heterocycles. The molecule has 0 aliphatic heterocycles. The van der Waals surface area contributed by atoms with Crippen LogP contribution in [0, 0.1) is 6.92 Å². The molecule has 2 unspecified atom stereocenters. The number of benzene rings is 5. The van der Waals surface area contributed by atoms with Crippen molar-refractivity contribution in [1.82, 2.24) is 14.7 Å². The summed E-state index contributed by atoms with van der Waals surface area (Å²) >= 11 is 0. The van der Waals surface area contributed by atoms with Gasteiger partial charge in [0.15, 0.2) is 6.10 Å². The van der Waals surface area contributed by atoms with Gasteiger partial charge in [-0.2, -0.15) is 0 Å². The Morgan fingerprint density at radius 2 is 0.961 bits per heavy atom. The second-order valence-corrected chi connectivity index (χ2v) is 19.0. The molecule has 5 aromatic carbocycles. The largest absolute Gasteiger partial charge is 0.489 e. The number of aryl methyl sites for hydroxylation is 3. The fourth-order valence-corrected chi connectivity index (χ4v) is 8.77. The third kappa shape index (κ3) is 20.9. The maximum absolute atomic E-state index is 12.6. The van der Waals surface area contributed by atoms with Gasteiger partial charge in [0.1, 0.15) is 60.7 Å². The van der Waals surface area contributed by atoms with Gasteiger partial charge in [-0.3, -0.25) is 29.1 Å². The molecule has 0 radical (unpaired) electrons. The van der Waals surface area contributed by atoms with Gasteiger partial charge in [-0.15, -0.1) is 0 Å². The van der Waals surface area contributed by atoms with Crippen molar-refractivity contribution in [2.24, 2.45) is 0 Å². The lowest BCUT2D eigenvalue weighted by Crippen LogP contribution is -2.49. The van der Waals surface area contributed by atoms with Crippen LogP contribution in [0.3, 0.4) is 0 Å². The van der Waals surface area contributed by atoms with Crippen LogP contribution >= 0.6 is 0 Å². The van der Waals surface area contributed by atoms with Crippen molar-refractivity contribution in [3.63, 3.8) is 0 Å². The van der Waals surface area contributed by atoms with Crippen LogP contribution in [0.5, 0.6) is 28.7 Å². The molecular weight excluding hydrogens is 971 g/mol. The topological polar surface area (TPSA) is 205 Å². The first kappa shape index (κ1) is 59.7. The average molecular weight is 1050 g/mol. The Hall–Kier alpha value is -7.14. The highest BCUT2D eigenvalue weighted by molar-refractivity contribution is 5.91. The van der Waals surface area contributed by atoms with Crippen molar-refractivity contribution in [2.75, 3.05) is 65.6 Å². The maximum Gasteiger partial charge on any atom is 0.339 e. The molecule has 0 aliphatic rings. The van der Waals surface area contributed by atoms with Crippen LogP contribution in [-0.4, -0.2) is 137 Å². The van der Waals surface area contributed by atoms with E-state index in [0.29, 0.717) is 55.7 Å². The van der Waals surface area contributed by atoms with E-state index in [9.17, 15) is 39.6 Å². The maximum atomic E-state index is 12.6. The van der Waals surface area contributed by atoms with Crippen LogP contribution in [-0.2, 0) is 46.9 Å². The molecule has 16 heteroatoms. The van der Waals surface area contributed by atoms with Gasteiger partial charge >= 0.3 is 23.9 Å². The molecule has 16 nitrogen and oxygen atoms in total. The molecule has 0 saturated heterocycles. The SMILES string of the molecule is CCCCc1ccc(COc2ccc(OCC(COc3ccc(OCc4ccc(CCCC)cc4)cc3C(=O)O)Oc3ccc(CC(CN(CCN(CC(=O)O)CC(=O)O)CC(=O)O)N(CC)CC)cc3)c(C)c2)cc1. The Balaban J connectivity index is 1.31. The lowest BCUT2D eigenvalue weighted by Gasteiger charge is -2.35. The zero-order valence-electron chi connectivity index (χ0n) is 44.8. The standard InChI is InChI=1S/C60H77N3O13/c1-6-10-12-44-14-18-47(19-15-44)39-72-51-26-28-55(43(5)32-51)74-41-53(42-75-56-29-27-52(34-54(56)60(70)71)73-40-48-20-16-45(17-21-48)13-11-7-2)76-50-24-22-46(23-25-50)33-49(63(8-3)9-4)35-61(36-57(64)65)30-31-62(37-58(66)67)38-59(68)69/h14-29,32,34,49,53H,6-13,30-31,33,35-42H2,1-5H3,(H,64,65)(H,66,67)(H,68,69)(H,70,71). The summed E-state index contributed by atoms with van der Waals surface area (Å²) in [5.41, 5.74) is 6.33. The van der Waals surface area contributed by atoms with E-state index in [1.165, 1.54) is 22.1 Å². The summed E-state index contributed by atoms with van der Waals surface area (Å²) < 4.78 is 31.3. The van der Waals surface area contributed by atoms with Crippen molar-refractivity contribution in [1.29, 1.82) is 0 Å². The Labute approximate surface area is 447 Å². The highest BCUT2D eigenvalue weighted by atomic mass is 16.6. The number of carboxylic acid groups (broad SMARTS) is 4. The summed E-state index contributed by atoms with van der Waals surface area (Å²) in [6.45, 7) is 11.6. The lowest BCUT2D eigenvalue weighted by atomic mass is 10.0. The van der Waals surface area contributed by atoms with E-state index in [-0.39, 0.29) is 56.8 Å². The summed E-state index contributed by atoms with van der Waals surface area (Å²) in [6, 6.07) is 34.4. The number of rotatable bonds is 37. The molecule has 5 aromatic rings. The molecule has 0 bridgehead atoms. The van der Waals surface area contributed by atoms with Crippen LogP contribution in [0.25, 0.3) is 0 Å². The van der Waals surface area contributed by atoms with E-state index in [4.69, 9.17) is 23.7 Å². The number of aromatic carboxylic acids is 1. The van der Waals surface area contributed by atoms with Gasteiger partial charge in [0, 0.05) is 25.7 Å². The van der Waals surface area contributed by atoms with Gasteiger partial charge < -0.3 is 44.1 Å². The number of unbranched alkanes of at least 4 members (excludes halogenated alkanes) is 2. The number of ether oxygens (including phenoxy) is 5. The fourth-order valence-electron chi connectivity index (χ4n) is 8.77. The van der Waals surface area contributed by atoms with Crippen molar-refractivity contribution >= 4 is 23.9 Å². The van der Waals surface area contributed by atoms with Crippen molar-refractivity contribution in [3.8, 4) is 28.7 Å². The van der Waals surface area contributed by atoms with E-state index in [1.54, 1.807) is 17.0 Å². The van der Waals surface area contributed by atoms with Crippen molar-refractivity contribution in [3.05, 3.63) is 148 Å². The fraction of sp³-hybridized carbons (Fsp3) is 0.433. The highest BCUT2D eigenvalue weighted by Crippen LogP contribution is 2.28. The summed E-state index contributed by atoms with van der Waals surface area (Å²) in [6.07, 6.45) is 6.43. The highest BCUT2D eigenvalue weighted by Gasteiger charge is 2.24. The number of hydrogen-bond acceptors (Lipinski definition) is 12. The van der Waals surface area contributed by atoms with E-state index >= 15 is 0 Å². The molecule has 0 heterocycles. The van der Waals surface area contributed by atoms with Crippen LogP contribution in [0.1, 0.15) is 97.1 Å². The summed E-state index contributed by atoms with van der Waals surface area (Å²) in [5.74, 6) is -2.26. The number of nitrogens with zero attached hydrogens (tertiary/aromatic N) is 3. The second-order valence-electron chi connectivity index (χ2n) is 19.0. The minimum Gasteiger partial charge on any atom is -0.489 e. The quantitative estimate of drug-likeness (QED) is 0.0292. The smallest absolute Gasteiger partial charge is 0.339 e. The Morgan fingerprint density at radius 3 is 1.45 bits per heavy atom. The zero-order valence-corrected chi connectivity index (χ0v) is 44.8. The summed E-state index contributed by atoms with van der Waals surface area (Å²) in [7, 11) is 0. The normalized spacial score (nSPS) is 12.1. The third-order valence-electron chi connectivity index (χ3n) is 13.0. The molecule has 0 saturated carbocycles. The molecule has 0 spiro atoms. The van der Waals surface area contributed by atoms with Crippen LogP contribution < -0.4 is 23.7 Å². The molecule has 76 heavy (non-hydrogen) atoms.